The Kier molecular flexibility index (Phi) is 4.30. The highest BCUT2D eigenvalue weighted by atomic mass is 79.9. The number of aromatic nitrogens is 3. The third kappa shape index (κ3) is 3.11. The number of ether oxygens (including phenoxy) is 2. The van der Waals surface area contributed by atoms with Crippen LogP contribution >= 0.6 is 27.5 Å². The van der Waals surface area contributed by atoms with Crippen molar-refractivity contribution in [1.29, 1.82) is 0 Å². The molecule has 104 valence electrons. The predicted octanol–water partition coefficient (Wildman–Crippen LogP) is 3.00. The van der Waals surface area contributed by atoms with E-state index >= 15 is 0 Å². The second kappa shape index (κ2) is 5.97. The highest BCUT2D eigenvalue weighted by Crippen LogP contribution is 2.37. The van der Waals surface area contributed by atoms with Crippen LogP contribution in [-0.4, -0.2) is 27.0 Å². The number of hydrogen-bond acceptors (Lipinski definition) is 7. The maximum atomic E-state index is 11.0. The molecule has 20 heavy (non-hydrogen) atoms. The van der Waals surface area contributed by atoms with Crippen molar-refractivity contribution in [2.45, 2.75) is 0 Å². The molecule has 1 aromatic carbocycles. The predicted molar refractivity (Wildman–Crippen MR) is 72.3 cm³/mol. The van der Waals surface area contributed by atoms with Gasteiger partial charge in [-0.3, -0.25) is 10.1 Å². The molecular formula is C10H6BrClN4O4. The number of nitro groups is 1. The van der Waals surface area contributed by atoms with Crippen LogP contribution in [0.2, 0.25) is 5.28 Å². The minimum atomic E-state index is -0.583. The lowest BCUT2D eigenvalue weighted by Gasteiger charge is -2.07. The van der Waals surface area contributed by atoms with Gasteiger partial charge in [-0.25, -0.2) is 0 Å². The monoisotopic (exact) mass is 360 g/mol. The Morgan fingerprint density at radius 2 is 2.00 bits per heavy atom. The van der Waals surface area contributed by atoms with Crippen molar-refractivity contribution in [2.24, 2.45) is 0 Å². The van der Waals surface area contributed by atoms with Crippen LogP contribution < -0.4 is 9.47 Å². The molecule has 0 fully saturated rings. The summed E-state index contributed by atoms with van der Waals surface area (Å²) >= 11 is 8.83. The van der Waals surface area contributed by atoms with E-state index in [1.165, 1.54) is 19.2 Å². The molecule has 0 amide bonds. The maximum absolute atomic E-state index is 11.0. The average molecular weight is 362 g/mol. The average Bonchev–Trinajstić information content (AvgIpc) is 2.40. The summed E-state index contributed by atoms with van der Waals surface area (Å²) < 4.78 is 10.5. The van der Waals surface area contributed by atoms with Gasteiger partial charge in [-0.05, 0) is 33.6 Å². The molecule has 0 saturated heterocycles. The number of benzene rings is 1. The van der Waals surface area contributed by atoms with Crippen LogP contribution in [0.25, 0.3) is 0 Å². The van der Waals surface area contributed by atoms with E-state index in [4.69, 9.17) is 21.1 Å². The molecule has 0 aliphatic carbocycles. The number of nitro benzene ring substituents is 1. The summed E-state index contributed by atoms with van der Waals surface area (Å²) in [6.45, 7) is 0. The highest BCUT2D eigenvalue weighted by molar-refractivity contribution is 9.10. The Balaban J connectivity index is 2.44. The molecule has 8 nitrogen and oxygen atoms in total. The Morgan fingerprint density at radius 3 is 2.65 bits per heavy atom. The number of halogens is 2. The van der Waals surface area contributed by atoms with Gasteiger partial charge < -0.3 is 9.47 Å². The van der Waals surface area contributed by atoms with Crippen LogP contribution in [-0.2, 0) is 0 Å². The first-order valence-corrected chi connectivity index (χ1v) is 6.24. The molecule has 0 radical (unpaired) electrons. The Labute approximate surface area is 126 Å². The van der Waals surface area contributed by atoms with Crippen molar-refractivity contribution in [1.82, 2.24) is 15.0 Å². The van der Waals surface area contributed by atoms with Crippen LogP contribution in [0.5, 0.6) is 17.8 Å². The molecular weight excluding hydrogens is 355 g/mol. The molecule has 0 aliphatic heterocycles. The summed E-state index contributed by atoms with van der Waals surface area (Å²) in [4.78, 5) is 21.6. The minimum Gasteiger partial charge on any atom is -0.467 e. The first-order chi connectivity index (χ1) is 9.51. The number of methoxy groups -OCH3 is 1. The van der Waals surface area contributed by atoms with Gasteiger partial charge in [-0.1, -0.05) is 6.07 Å². The summed E-state index contributed by atoms with van der Waals surface area (Å²) in [6, 6.07) is 4.12. The molecule has 1 heterocycles. The summed E-state index contributed by atoms with van der Waals surface area (Å²) in [7, 11) is 1.34. The van der Waals surface area contributed by atoms with Crippen molar-refractivity contribution < 1.29 is 14.4 Å². The lowest BCUT2D eigenvalue weighted by Crippen LogP contribution is -2.00. The summed E-state index contributed by atoms with van der Waals surface area (Å²) in [5.41, 5.74) is -0.241. The number of rotatable bonds is 4. The summed E-state index contributed by atoms with van der Waals surface area (Å²) in [5.74, 6) is -0.0400. The quantitative estimate of drug-likeness (QED) is 0.609. The van der Waals surface area contributed by atoms with Crippen molar-refractivity contribution >= 4 is 33.2 Å². The maximum Gasteiger partial charge on any atom is 0.329 e. The number of nitrogens with zero attached hydrogens (tertiary/aromatic N) is 4. The van der Waals surface area contributed by atoms with Crippen LogP contribution in [0.4, 0.5) is 5.69 Å². The second-order valence-electron chi connectivity index (χ2n) is 3.32. The third-order valence-corrected chi connectivity index (χ3v) is 2.88. The zero-order chi connectivity index (χ0) is 14.7. The topological polar surface area (TPSA) is 100 Å². The van der Waals surface area contributed by atoms with E-state index < -0.39 is 4.92 Å². The molecule has 0 spiro atoms. The van der Waals surface area contributed by atoms with Gasteiger partial charge in [0.25, 0.3) is 0 Å². The van der Waals surface area contributed by atoms with Crippen LogP contribution in [0, 0.1) is 10.1 Å². The smallest absolute Gasteiger partial charge is 0.329 e. The van der Waals surface area contributed by atoms with Crippen molar-refractivity contribution in [3.8, 4) is 17.8 Å². The van der Waals surface area contributed by atoms with E-state index in [-0.39, 0.29) is 28.7 Å². The van der Waals surface area contributed by atoms with Gasteiger partial charge in [0.2, 0.25) is 11.0 Å². The Bertz CT molecular complexity index is 670. The van der Waals surface area contributed by atoms with E-state index in [2.05, 4.69) is 30.9 Å². The summed E-state index contributed by atoms with van der Waals surface area (Å²) in [5, 5.41) is 10.8. The standard InChI is InChI=1S/C10H6BrClN4O4/c1-19-9-13-8(12)14-10(15-9)20-7-5(11)3-2-4-6(7)16(17)18/h2-4H,1H3. The number of hydrogen-bond donors (Lipinski definition) is 0. The van der Waals surface area contributed by atoms with Crippen LogP contribution in [0.3, 0.4) is 0 Å². The molecule has 1 aromatic heterocycles. The van der Waals surface area contributed by atoms with Gasteiger partial charge in [-0.2, -0.15) is 9.97 Å². The fraction of sp³-hybridized carbons (Fsp3) is 0.100. The van der Waals surface area contributed by atoms with Gasteiger partial charge in [0.15, 0.2) is 0 Å². The fourth-order valence-electron chi connectivity index (χ4n) is 1.29. The Morgan fingerprint density at radius 1 is 1.30 bits per heavy atom. The lowest BCUT2D eigenvalue weighted by molar-refractivity contribution is -0.385. The van der Waals surface area contributed by atoms with Gasteiger partial charge in [0, 0.05) is 6.07 Å². The third-order valence-electron chi connectivity index (χ3n) is 2.09. The van der Waals surface area contributed by atoms with Crippen LogP contribution in [0.15, 0.2) is 22.7 Å². The molecule has 0 atom stereocenters. The van der Waals surface area contributed by atoms with Crippen molar-refractivity contribution in [2.75, 3.05) is 7.11 Å². The summed E-state index contributed by atoms with van der Waals surface area (Å²) in [6.07, 6.45) is 0. The second-order valence-corrected chi connectivity index (χ2v) is 4.51. The SMILES string of the molecule is COc1nc(Cl)nc(Oc2c(Br)cccc2[N+](=O)[O-])n1. The minimum absolute atomic E-state index is 0.0400. The molecule has 2 aromatic rings. The van der Waals surface area contributed by atoms with Crippen LogP contribution in [0.1, 0.15) is 0 Å². The zero-order valence-corrected chi connectivity index (χ0v) is 12.3. The largest absolute Gasteiger partial charge is 0.467 e. The normalized spacial score (nSPS) is 10.2. The van der Waals surface area contributed by atoms with E-state index in [1.54, 1.807) is 6.07 Å². The lowest BCUT2D eigenvalue weighted by atomic mass is 10.3. The molecule has 0 unspecified atom stereocenters. The van der Waals surface area contributed by atoms with Gasteiger partial charge >= 0.3 is 17.7 Å². The Hall–Kier alpha value is -2.00. The molecule has 0 saturated carbocycles. The van der Waals surface area contributed by atoms with Crippen molar-refractivity contribution in [3.63, 3.8) is 0 Å². The first kappa shape index (κ1) is 14.4. The fourth-order valence-corrected chi connectivity index (χ4v) is 1.87. The van der Waals surface area contributed by atoms with Gasteiger partial charge in [0.1, 0.15) is 0 Å². The molecule has 10 heteroatoms. The zero-order valence-electron chi connectivity index (χ0n) is 9.91. The van der Waals surface area contributed by atoms with E-state index in [0.717, 1.165) is 0 Å². The van der Waals surface area contributed by atoms with E-state index in [9.17, 15) is 10.1 Å². The highest BCUT2D eigenvalue weighted by Gasteiger charge is 2.20. The van der Waals surface area contributed by atoms with E-state index in [1.807, 2.05) is 0 Å². The van der Waals surface area contributed by atoms with E-state index in [0.29, 0.717) is 4.47 Å². The van der Waals surface area contributed by atoms with Crippen molar-refractivity contribution in [3.05, 3.63) is 38.1 Å². The van der Waals surface area contributed by atoms with Gasteiger partial charge in [0.05, 0.1) is 16.5 Å². The van der Waals surface area contributed by atoms with Gasteiger partial charge in [-0.15, -0.1) is 4.98 Å². The first-order valence-electron chi connectivity index (χ1n) is 5.07. The molecule has 0 N–H and O–H groups in total. The number of para-hydroxylation sites is 1. The molecule has 2 rings (SSSR count). The molecule has 0 bridgehead atoms. The molecule has 0 aliphatic rings.